The molecule has 0 atom stereocenters. The molecular formula is C16H31N3O2. The van der Waals surface area contributed by atoms with Gasteiger partial charge in [0, 0.05) is 20.1 Å². The Kier molecular flexibility index (Phi) is 6.65. The molecule has 2 amide bonds. The molecule has 0 aromatic heterocycles. The molecule has 1 aliphatic carbocycles. The zero-order valence-corrected chi connectivity index (χ0v) is 14.2. The molecule has 0 radical (unpaired) electrons. The van der Waals surface area contributed by atoms with Crippen molar-refractivity contribution in [3.63, 3.8) is 0 Å². The van der Waals surface area contributed by atoms with E-state index in [1.807, 2.05) is 32.7 Å². The number of nitrogens with one attached hydrogen (secondary N) is 1. The smallest absolute Gasteiger partial charge is 0.242 e. The lowest BCUT2D eigenvalue weighted by Gasteiger charge is -2.34. The second-order valence-corrected chi connectivity index (χ2v) is 6.61. The molecule has 21 heavy (non-hydrogen) atoms. The minimum absolute atomic E-state index is 0.0325. The molecule has 0 aromatic carbocycles. The van der Waals surface area contributed by atoms with Gasteiger partial charge < -0.3 is 15.1 Å². The van der Waals surface area contributed by atoms with Gasteiger partial charge in [-0.3, -0.25) is 9.59 Å². The number of nitrogens with zero attached hydrogens (tertiary/aromatic N) is 2. The Morgan fingerprint density at radius 3 is 2.24 bits per heavy atom. The number of carbonyl (C=O) groups is 2. The van der Waals surface area contributed by atoms with Crippen LogP contribution < -0.4 is 5.32 Å². The molecule has 122 valence electrons. The van der Waals surface area contributed by atoms with Gasteiger partial charge in [-0.15, -0.1) is 0 Å². The summed E-state index contributed by atoms with van der Waals surface area (Å²) in [4.78, 5) is 28.1. The lowest BCUT2D eigenvalue weighted by atomic mass is 9.94. The summed E-state index contributed by atoms with van der Waals surface area (Å²) in [6, 6.07) is 0.344. The Balaban J connectivity index is 2.54. The first-order chi connectivity index (χ1) is 9.79. The van der Waals surface area contributed by atoms with E-state index < -0.39 is 5.54 Å². The number of carbonyl (C=O) groups excluding carboxylic acids is 2. The molecule has 1 N–H and O–H groups in total. The standard InChI is InChI=1S/C16H31N3O2/c1-6-17-16(2,3)15(21)18(4)12-14(20)19(5)13-10-8-7-9-11-13/h13,17H,6-12H2,1-5H3. The third-order valence-corrected chi connectivity index (χ3v) is 4.39. The van der Waals surface area contributed by atoms with Gasteiger partial charge in [0.05, 0.1) is 12.1 Å². The zero-order valence-electron chi connectivity index (χ0n) is 14.2. The highest BCUT2D eigenvalue weighted by Crippen LogP contribution is 2.21. The topological polar surface area (TPSA) is 52.7 Å². The highest BCUT2D eigenvalue weighted by molar-refractivity contribution is 5.89. The number of hydrogen-bond acceptors (Lipinski definition) is 3. The maximum absolute atomic E-state index is 12.4. The van der Waals surface area contributed by atoms with Crippen LogP contribution >= 0.6 is 0 Å². The lowest BCUT2D eigenvalue weighted by molar-refractivity contribution is -0.143. The minimum atomic E-state index is -0.632. The van der Waals surface area contributed by atoms with Crippen LogP contribution in [-0.2, 0) is 9.59 Å². The Bertz CT molecular complexity index is 363. The van der Waals surface area contributed by atoms with Crippen molar-refractivity contribution in [2.24, 2.45) is 0 Å². The van der Waals surface area contributed by atoms with E-state index in [1.165, 1.54) is 24.2 Å². The number of likely N-dealkylation sites (N-methyl/N-ethyl adjacent to an activating group) is 3. The molecule has 5 nitrogen and oxygen atoms in total. The highest BCUT2D eigenvalue weighted by atomic mass is 16.2. The maximum Gasteiger partial charge on any atom is 0.242 e. The Morgan fingerprint density at radius 2 is 1.71 bits per heavy atom. The molecule has 0 aliphatic heterocycles. The van der Waals surface area contributed by atoms with E-state index in [-0.39, 0.29) is 18.4 Å². The van der Waals surface area contributed by atoms with E-state index in [0.717, 1.165) is 19.4 Å². The molecule has 0 bridgehead atoms. The molecule has 0 aromatic rings. The fraction of sp³-hybridized carbons (Fsp3) is 0.875. The predicted octanol–water partition coefficient (Wildman–Crippen LogP) is 1.62. The summed E-state index contributed by atoms with van der Waals surface area (Å²) in [6.07, 6.45) is 5.84. The normalized spacial score (nSPS) is 16.6. The summed E-state index contributed by atoms with van der Waals surface area (Å²) in [5.74, 6) is -0.0141. The Labute approximate surface area is 129 Å². The second kappa shape index (κ2) is 7.78. The van der Waals surface area contributed by atoms with Crippen molar-refractivity contribution in [1.82, 2.24) is 15.1 Å². The van der Waals surface area contributed by atoms with Crippen molar-refractivity contribution in [3.8, 4) is 0 Å². The van der Waals surface area contributed by atoms with Crippen molar-refractivity contribution in [2.45, 2.75) is 64.5 Å². The number of rotatable bonds is 6. The van der Waals surface area contributed by atoms with Gasteiger partial charge in [-0.2, -0.15) is 0 Å². The van der Waals surface area contributed by atoms with Crippen molar-refractivity contribution in [1.29, 1.82) is 0 Å². The SMILES string of the molecule is CCNC(C)(C)C(=O)N(C)CC(=O)N(C)C1CCCCC1. The summed E-state index contributed by atoms with van der Waals surface area (Å²) in [5, 5.41) is 3.15. The average molecular weight is 297 g/mol. The monoisotopic (exact) mass is 297 g/mol. The summed E-state index contributed by atoms with van der Waals surface area (Å²) in [6.45, 7) is 6.55. The zero-order chi connectivity index (χ0) is 16.0. The van der Waals surface area contributed by atoms with Crippen LogP contribution in [0.4, 0.5) is 0 Å². The minimum Gasteiger partial charge on any atom is -0.341 e. The Morgan fingerprint density at radius 1 is 1.14 bits per heavy atom. The summed E-state index contributed by atoms with van der Waals surface area (Å²) in [5.41, 5.74) is -0.632. The number of amides is 2. The van der Waals surface area contributed by atoms with E-state index in [0.29, 0.717) is 6.04 Å². The Hall–Kier alpha value is -1.10. The predicted molar refractivity (Wildman–Crippen MR) is 85.0 cm³/mol. The van der Waals surface area contributed by atoms with Gasteiger partial charge in [0.1, 0.15) is 0 Å². The third-order valence-electron chi connectivity index (χ3n) is 4.39. The van der Waals surface area contributed by atoms with Crippen LogP contribution in [0.5, 0.6) is 0 Å². The molecule has 1 rings (SSSR count). The van der Waals surface area contributed by atoms with Crippen LogP contribution in [0.3, 0.4) is 0 Å². The van der Waals surface area contributed by atoms with Crippen molar-refractivity contribution in [2.75, 3.05) is 27.2 Å². The molecule has 0 spiro atoms. The summed E-state index contributed by atoms with van der Waals surface area (Å²) >= 11 is 0. The van der Waals surface area contributed by atoms with Crippen LogP contribution in [0.1, 0.15) is 52.9 Å². The molecular weight excluding hydrogens is 266 g/mol. The quantitative estimate of drug-likeness (QED) is 0.810. The molecule has 5 heteroatoms. The summed E-state index contributed by atoms with van der Waals surface area (Å²) in [7, 11) is 3.57. The fourth-order valence-electron chi connectivity index (χ4n) is 3.05. The van der Waals surface area contributed by atoms with Crippen LogP contribution in [0, 0.1) is 0 Å². The van der Waals surface area contributed by atoms with E-state index in [2.05, 4.69) is 5.32 Å². The molecule has 0 heterocycles. The van der Waals surface area contributed by atoms with Gasteiger partial charge in [0.15, 0.2) is 0 Å². The first-order valence-corrected chi connectivity index (χ1v) is 8.06. The van der Waals surface area contributed by atoms with Crippen LogP contribution in [0.2, 0.25) is 0 Å². The first-order valence-electron chi connectivity index (χ1n) is 8.06. The van der Waals surface area contributed by atoms with Gasteiger partial charge >= 0.3 is 0 Å². The van der Waals surface area contributed by atoms with Gasteiger partial charge in [-0.25, -0.2) is 0 Å². The largest absolute Gasteiger partial charge is 0.341 e. The lowest BCUT2D eigenvalue weighted by Crippen LogP contribution is -2.55. The fourth-order valence-corrected chi connectivity index (χ4v) is 3.05. The second-order valence-electron chi connectivity index (χ2n) is 6.61. The van der Waals surface area contributed by atoms with E-state index in [9.17, 15) is 9.59 Å². The van der Waals surface area contributed by atoms with E-state index in [4.69, 9.17) is 0 Å². The van der Waals surface area contributed by atoms with Crippen molar-refractivity contribution >= 4 is 11.8 Å². The van der Waals surface area contributed by atoms with Crippen LogP contribution in [0.25, 0.3) is 0 Å². The van der Waals surface area contributed by atoms with Gasteiger partial charge in [-0.1, -0.05) is 26.2 Å². The molecule has 0 unspecified atom stereocenters. The molecule has 1 aliphatic rings. The average Bonchev–Trinajstić information content (AvgIpc) is 2.46. The van der Waals surface area contributed by atoms with E-state index in [1.54, 1.807) is 7.05 Å². The van der Waals surface area contributed by atoms with Gasteiger partial charge in [-0.05, 0) is 33.2 Å². The van der Waals surface area contributed by atoms with Crippen molar-refractivity contribution in [3.05, 3.63) is 0 Å². The van der Waals surface area contributed by atoms with Crippen LogP contribution in [0.15, 0.2) is 0 Å². The summed E-state index contributed by atoms with van der Waals surface area (Å²) < 4.78 is 0. The third kappa shape index (κ3) is 4.99. The molecule has 0 saturated heterocycles. The number of hydrogen-bond donors (Lipinski definition) is 1. The first kappa shape index (κ1) is 18.0. The van der Waals surface area contributed by atoms with Crippen LogP contribution in [-0.4, -0.2) is 60.4 Å². The van der Waals surface area contributed by atoms with E-state index >= 15 is 0 Å². The maximum atomic E-state index is 12.4. The molecule has 1 fully saturated rings. The van der Waals surface area contributed by atoms with Gasteiger partial charge in [0.25, 0.3) is 0 Å². The molecule has 1 saturated carbocycles. The van der Waals surface area contributed by atoms with Crippen molar-refractivity contribution < 1.29 is 9.59 Å². The van der Waals surface area contributed by atoms with Gasteiger partial charge in [0.2, 0.25) is 11.8 Å². The highest BCUT2D eigenvalue weighted by Gasteiger charge is 2.31.